The van der Waals surface area contributed by atoms with Crippen LogP contribution in [0, 0.1) is 5.53 Å². The molecule has 0 aliphatic carbocycles. The first-order valence-corrected chi connectivity index (χ1v) is 9.36. The Bertz CT molecular complexity index is 848. The predicted octanol–water partition coefficient (Wildman–Crippen LogP) is 5.51. The quantitative estimate of drug-likeness (QED) is 0.663. The minimum Gasteiger partial charge on any atom is -0.389 e. The molecule has 4 nitrogen and oxygen atoms in total. The molecule has 0 saturated heterocycles. The fraction of sp³-hybridized carbons (Fsp3) is 0.300. The van der Waals surface area contributed by atoms with Gasteiger partial charge >= 0.3 is 0 Å². The van der Waals surface area contributed by atoms with Crippen molar-refractivity contribution in [2.75, 3.05) is 20.1 Å². The van der Waals surface area contributed by atoms with Crippen molar-refractivity contribution in [1.82, 2.24) is 10.2 Å². The summed E-state index contributed by atoms with van der Waals surface area (Å²) in [5.41, 5.74) is 12.5. The van der Waals surface area contributed by atoms with E-state index in [0.29, 0.717) is 15.7 Å². The van der Waals surface area contributed by atoms with Gasteiger partial charge in [0.25, 0.3) is 0 Å². The molecule has 1 aliphatic rings. The van der Waals surface area contributed by atoms with Crippen molar-refractivity contribution in [3.05, 3.63) is 74.9 Å². The van der Waals surface area contributed by atoms with Crippen LogP contribution >= 0.6 is 23.2 Å². The van der Waals surface area contributed by atoms with Gasteiger partial charge in [0.1, 0.15) is 5.70 Å². The number of rotatable bonds is 5. The van der Waals surface area contributed by atoms with E-state index in [1.807, 2.05) is 31.2 Å². The number of nitrogens with one attached hydrogen (secondary N) is 2. The van der Waals surface area contributed by atoms with E-state index in [0.717, 1.165) is 30.8 Å². The lowest BCUT2D eigenvalue weighted by Crippen LogP contribution is -2.31. The van der Waals surface area contributed by atoms with Gasteiger partial charge in [-0.3, -0.25) is 0 Å². The molecule has 0 amide bonds. The maximum absolute atomic E-state index is 7.47. The molecule has 2 aromatic carbocycles. The number of hydrogen-bond donors (Lipinski definition) is 2. The molecular formula is C20H22Cl2N4. The Morgan fingerprint density at radius 1 is 1.35 bits per heavy atom. The van der Waals surface area contributed by atoms with Crippen LogP contribution in [0.4, 0.5) is 0 Å². The summed E-state index contributed by atoms with van der Waals surface area (Å²) in [5, 5.41) is 8.16. The largest absolute Gasteiger partial charge is 0.389 e. The van der Waals surface area contributed by atoms with Gasteiger partial charge in [-0.25, -0.2) is 5.53 Å². The maximum atomic E-state index is 7.47. The van der Waals surface area contributed by atoms with Crippen molar-refractivity contribution in [2.24, 2.45) is 5.11 Å². The number of halogens is 2. The van der Waals surface area contributed by atoms with Crippen LogP contribution in [0.25, 0.3) is 5.70 Å². The second kappa shape index (κ2) is 8.21. The summed E-state index contributed by atoms with van der Waals surface area (Å²) >= 11 is 12.7. The zero-order chi connectivity index (χ0) is 18.7. The average Bonchev–Trinajstić information content (AvgIpc) is 2.63. The first kappa shape index (κ1) is 18.9. The Balaban J connectivity index is 2.05. The first-order valence-electron chi connectivity index (χ1n) is 8.61. The summed E-state index contributed by atoms with van der Waals surface area (Å²) in [4.78, 5) is 2.27. The van der Waals surface area contributed by atoms with Gasteiger partial charge in [0, 0.05) is 47.4 Å². The fourth-order valence-electron chi connectivity index (χ4n) is 3.42. The van der Waals surface area contributed by atoms with E-state index in [2.05, 4.69) is 34.5 Å². The smallest absolute Gasteiger partial charge is 0.108 e. The molecule has 3 rings (SSSR count). The van der Waals surface area contributed by atoms with E-state index >= 15 is 0 Å². The van der Waals surface area contributed by atoms with Crippen molar-refractivity contribution in [3.63, 3.8) is 0 Å². The highest BCUT2D eigenvalue weighted by Crippen LogP contribution is 2.38. The van der Waals surface area contributed by atoms with E-state index in [4.69, 9.17) is 28.7 Å². The van der Waals surface area contributed by atoms with E-state index in [1.165, 1.54) is 11.1 Å². The summed E-state index contributed by atoms with van der Waals surface area (Å²) < 4.78 is 0. The normalized spacial score (nSPS) is 17.7. The van der Waals surface area contributed by atoms with Crippen LogP contribution in [0.5, 0.6) is 0 Å². The van der Waals surface area contributed by atoms with Gasteiger partial charge in [-0.1, -0.05) is 41.4 Å². The third-order valence-electron chi connectivity index (χ3n) is 4.64. The molecule has 26 heavy (non-hydrogen) atoms. The maximum Gasteiger partial charge on any atom is 0.108 e. The molecule has 0 bridgehead atoms. The van der Waals surface area contributed by atoms with E-state index in [9.17, 15) is 0 Å². The van der Waals surface area contributed by atoms with E-state index in [-0.39, 0.29) is 5.92 Å². The van der Waals surface area contributed by atoms with Crippen LogP contribution in [0.2, 0.25) is 10.0 Å². The highest BCUT2D eigenvalue weighted by Gasteiger charge is 2.27. The van der Waals surface area contributed by atoms with Gasteiger partial charge < -0.3 is 10.2 Å². The monoisotopic (exact) mass is 388 g/mol. The van der Waals surface area contributed by atoms with Gasteiger partial charge in [-0.15, -0.1) is 0 Å². The van der Waals surface area contributed by atoms with Gasteiger partial charge in [-0.2, -0.15) is 5.11 Å². The molecule has 1 aliphatic heterocycles. The minimum atomic E-state index is 0.172. The van der Waals surface area contributed by atoms with Crippen LogP contribution < -0.4 is 5.32 Å². The molecule has 1 unspecified atom stereocenters. The van der Waals surface area contributed by atoms with Crippen molar-refractivity contribution in [3.8, 4) is 0 Å². The summed E-state index contributed by atoms with van der Waals surface area (Å²) in [6.07, 6.45) is 1.78. The lowest BCUT2D eigenvalue weighted by Gasteiger charge is -2.33. The molecule has 6 heteroatoms. The third kappa shape index (κ3) is 3.93. The van der Waals surface area contributed by atoms with Crippen molar-refractivity contribution in [1.29, 1.82) is 5.53 Å². The molecule has 0 saturated carbocycles. The molecule has 2 aromatic rings. The molecule has 1 heterocycles. The molecule has 1 atom stereocenters. The number of likely N-dealkylation sites (N-methyl/N-ethyl adjacent to an activating group) is 1. The Morgan fingerprint density at radius 3 is 2.88 bits per heavy atom. The van der Waals surface area contributed by atoms with Crippen molar-refractivity contribution < 1.29 is 0 Å². The van der Waals surface area contributed by atoms with Gasteiger partial charge in [0.2, 0.25) is 0 Å². The Morgan fingerprint density at radius 2 is 2.15 bits per heavy atom. The van der Waals surface area contributed by atoms with Crippen LogP contribution in [0.15, 0.2) is 47.7 Å². The van der Waals surface area contributed by atoms with Gasteiger partial charge in [0.15, 0.2) is 0 Å². The van der Waals surface area contributed by atoms with Gasteiger partial charge in [0.05, 0.1) is 0 Å². The summed E-state index contributed by atoms with van der Waals surface area (Å²) in [6, 6.07) is 12.0. The van der Waals surface area contributed by atoms with E-state index < -0.39 is 0 Å². The van der Waals surface area contributed by atoms with Crippen LogP contribution in [-0.2, 0) is 6.54 Å². The van der Waals surface area contributed by atoms with Crippen LogP contribution in [0.3, 0.4) is 0 Å². The topological polar surface area (TPSA) is 51.5 Å². The lowest BCUT2D eigenvalue weighted by molar-refractivity contribution is 0.295. The lowest BCUT2D eigenvalue weighted by atomic mass is 9.84. The summed E-state index contributed by atoms with van der Waals surface area (Å²) in [5.74, 6) is 0.172. The molecule has 0 radical (unpaired) electrons. The number of nitrogens with zero attached hydrogens (tertiary/aromatic N) is 2. The van der Waals surface area contributed by atoms with E-state index in [1.54, 1.807) is 6.20 Å². The molecule has 136 valence electrons. The highest BCUT2D eigenvalue weighted by atomic mass is 35.5. The second-order valence-corrected chi connectivity index (χ2v) is 7.37. The molecule has 0 spiro atoms. The zero-order valence-corrected chi connectivity index (χ0v) is 16.4. The number of benzene rings is 2. The number of hydrogen-bond acceptors (Lipinski definition) is 4. The SMILES string of the molecule is CCN/C=C(\N=N)c1cccc(C2CN(C)Cc3c(Cl)cc(Cl)cc32)c1. The second-order valence-electron chi connectivity index (χ2n) is 6.53. The third-order valence-corrected chi connectivity index (χ3v) is 5.20. The standard InChI is InChI=1S/C20H22Cl2N4/c1-3-24-10-20(25-23)14-6-4-5-13(7-14)17-11-26(2)12-18-16(17)8-15(21)9-19(18)22/h4-10,17,23-24H,3,11-12H2,1-2H3/b20-10-,25-23?. The Kier molecular flexibility index (Phi) is 5.97. The highest BCUT2D eigenvalue weighted by molar-refractivity contribution is 6.35. The van der Waals surface area contributed by atoms with Gasteiger partial charge in [-0.05, 0) is 48.9 Å². The zero-order valence-electron chi connectivity index (χ0n) is 14.9. The average molecular weight is 389 g/mol. The Labute approximate surface area is 164 Å². The predicted molar refractivity (Wildman–Crippen MR) is 108 cm³/mol. The fourth-order valence-corrected chi connectivity index (χ4v) is 3.99. The van der Waals surface area contributed by atoms with Crippen molar-refractivity contribution in [2.45, 2.75) is 19.4 Å². The van der Waals surface area contributed by atoms with Crippen LogP contribution in [-0.4, -0.2) is 25.0 Å². The van der Waals surface area contributed by atoms with Crippen LogP contribution in [0.1, 0.15) is 35.1 Å². The Hall–Kier alpha value is -1.88. The minimum absolute atomic E-state index is 0.172. The summed E-state index contributed by atoms with van der Waals surface area (Å²) in [6.45, 7) is 4.50. The molecular weight excluding hydrogens is 367 g/mol. The molecule has 0 fully saturated rings. The summed E-state index contributed by atoms with van der Waals surface area (Å²) in [7, 11) is 2.10. The molecule has 0 aromatic heterocycles. The number of fused-ring (bicyclic) bond motifs is 1. The first-order chi connectivity index (χ1) is 12.5. The molecule has 2 N–H and O–H groups in total. The van der Waals surface area contributed by atoms with Crippen molar-refractivity contribution >= 4 is 28.9 Å².